The van der Waals surface area contributed by atoms with Gasteiger partial charge in [-0.1, -0.05) is 0 Å². The third-order valence-corrected chi connectivity index (χ3v) is 4.19. The van der Waals surface area contributed by atoms with Crippen LogP contribution in [0.3, 0.4) is 0 Å². The number of thioether (sulfide) groups is 1. The molecule has 2 aliphatic rings. The lowest BCUT2D eigenvalue weighted by Crippen LogP contribution is -2.50. The number of hydrogen-bond acceptors (Lipinski definition) is 4. The Kier molecular flexibility index (Phi) is 4.34. The minimum absolute atomic E-state index is 0.160. The summed E-state index contributed by atoms with van der Waals surface area (Å²) in [6.07, 6.45) is 2.02. The quantitative estimate of drug-likeness (QED) is 0.798. The molecule has 2 amide bonds. The van der Waals surface area contributed by atoms with Crippen LogP contribution in [-0.4, -0.2) is 70.9 Å². The molecule has 1 heterocycles. The molecule has 0 unspecified atom stereocenters. The Morgan fingerprint density at radius 1 is 1.50 bits per heavy atom. The van der Waals surface area contributed by atoms with Crippen molar-refractivity contribution in [3.05, 3.63) is 0 Å². The Labute approximate surface area is 110 Å². The summed E-state index contributed by atoms with van der Waals surface area (Å²) >= 11 is 1.49. The first-order valence-corrected chi connectivity index (χ1v) is 7.17. The van der Waals surface area contributed by atoms with Gasteiger partial charge in [0.05, 0.1) is 12.5 Å². The number of hydrogen-bond donors (Lipinski definition) is 1. The van der Waals surface area contributed by atoms with Crippen molar-refractivity contribution in [3.63, 3.8) is 0 Å². The van der Waals surface area contributed by atoms with E-state index in [9.17, 15) is 9.59 Å². The number of carbonyl (C=O) groups excluding carboxylic acids is 1. The highest BCUT2D eigenvalue weighted by molar-refractivity contribution is 7.99. The molecule has 0 aromatic carbocycles. The zero-order valence-electron chi connectivity index (χ0n) is 10.4. The van der Waals surface area contributed by atoms with Crippen LogP contribution in [0.2, 0.25) is 0 Å². The first-order chi connectivity index (χ1) is 8.65. The standard InChI is InChI=1S/C11H18N2O4S/c1-17-5-4-12(8-2-3-8)11(16)13-7-18-6-9(13)10(14)15/h8-9H,2-7H2,1H3,(H,14,15)/t9-/m0/s1. The number of nitrogens with zero attached hydrogens (tertiary/aromatic N) is 2. The SMILES string of the molecule is COCCN(C(=O)N1CSC[C@H]1C(=O)O)C1CC1. The predicted octanol–water partition coefficient (Wildman–Crippen LogP) is 0.677. The third-order valence-electron chi connectivity index (χ3n) is 3.18. The number of aliphatic carboxylic acids is 1. The van der Waals surface area contributed by atoms with Crippen LogP contribution in [0.25, 0.3) is 0 Å². The maximum absolute atomic E-state index is 12.4. The van der Waals surface area contributed by atoms with Gasteiger partial charge >= 0.3 is 12.0 Å². The first-order valence-electron chi connectivity index (χ1n) is 6.02. The zero-order chi connectivity index (χ0) is 13.1. The summed E-state index contributed by atoms with van der Waals surface area (Å²) < 4.78 is 5.00. The van der Waals surface area contributed by atoms with Crippen molar-refractivity contribution >= 4 is 23.8 Å². The lowest BCUT2D eigenvalue weighted by Gasteiger charge is -2.29. The minimum Gasteiger partial charge on any atom is -0.480 e. The number of amides is 2. The van der Waals surface area contributed by atoms with E-state index in [0.29, 0.717) is 24.8 Å². The molecule has 6 nitrogen and oxygen atoms in total. The number of carbonyl (C=O) groups is 2. The van der Waals surface area contributed by atoms with Gasteiger partial charge in [0.25, 0.3) is 0 Å². The lowest BCUT2D eigenvalue weighted by atomic mass is 10.3. The molecule has 7 heteroatoms. The largest absolute Gasteiger partial charge is 0.480 e. The van der Waals surface area contributed by atoms with Crippen molar-refractivity contribution in [1.82, 2.24) is 9.80 Å². The Balaban J connectivity index is 2.00. The van der Waals surface area contributed by atoms with E-state index in [1.807, 2.05) is 0 Å². The van der Waals surface area contributed by atoms with E-state index in [-0.39, 0.29) is 12.1 Å². The highest BCUT2D eigenvalue weighted by Crippen LogP contribution is 2.30. The summed E-state index contributed by atoms with van der Waals surface area (Å²) in [5.41, 5.74) is 0. The molecular formula is C11H18N2O4S. The number of urea groups is 1. The summed E-state index contributed by atoms with van der Waals surface area (Å²) in [4.78, 5) is 26.7. The van der Waals surface area contributed by atoms with Crippen molar-refractivity contribution < 1.29 is 19.4 Å². The second kappa shape index (κ2) is 5.79. The van der Waals surface area contributed by atoms with E-state index in [4.69, 9.17) is 9.84 Å². The van der Waals surface area contributed by atoms with Crippen molar-refractivity contribution in [2.24, 2.45) is 0 Å². The molecular weight excluding hydrogens is 256 g/mol. The Hall–Kier alpha value is -0.950. The lowest BCUT2D eigenvalue weighted by molar-refractivity contribution is -0.141. The molecule has 0 spiro atoms. The summed E-state index contributed by atoms with van der Waals surface area (Å²) in [6, 6.07) is -0.578. The Bertz CT molecular complexity index is 335. The first kappa shape index (κ1) is 13.5. The van der Waals surface area contributed by atoms with E-state index >= 15 is 0 Å². The van der Waals surface area contributed by atoms with E-state index < -0.39 is 12.0 Å². The van der Waals surface area contributed by atoms with Gasteiger partial charge in [0.1, 0.15) is 6.04 Å². The van der Waals surface area contributed by atoms with Crippen LogP contribution in [-0.2, 0) is 9.53 Å². The van der Waals surface area contributed by atoms with Crippen molar-refractivity contribution in [2.45, 2.75) is 24.9 Å². The fourth-order valence-corrected chi connectivity index (χ4v) is 3.15. The minimum atomic E-state index is -0.921. The van der Waals surface area contributed by atoms with Gasteiger partial charge < -0.3 is 19.6 Å². The molecule has 0 radical (unpaired) electrons. The van der Waals surface area contributed by atoms with Crippen molar-refractivity contribution in [3.8, 4) is 0 Å². The molecule has 0 bridgehead atoms. The molecule has 2 fully saturated rings. The summed E-state index contributed by atoms with van der Waals surface area (Å²) in [5.74, 6) is 0.0198. The molecule has 1 aliphatic carbocycles. The van der Waals surface area contributed by atoms with Gasteiger partial charge in [-0.15, -0.1) is 11.8 Å². The molecule has 0 aromatic rings. The van der Waals surface area contributed by atoms with E-state index in [1.54, 1.807) is 12.0 Å². The maximum atomic E-state index is 12.4. The number of rotatable bonds is 5. The monoisotopic (exact) mass is 274 g/mol. The van der Waals surface area contributed by atoms with Gasteiger partial charge in [-0.2, -0.15) is 0 Å². The number of carboxylic acid groups (broad SMARTS) is 1. The van der Waals surface area contributed by atoms with Crippen LogP contribution in [0.5, 0.6) is 0 Å². The van der Waals surface area contributed by atoms with Crippen LogP contribution in [0.15, 0.2) is 0 Å². The van der Waals surface area contributed by atoms with Crippen LogP contribution in [0.1, 0.15) is 12.8 Å². The molecule has 18 heavy (non-hydrogen) atoms. The van der Waals surface area contributed by atoms with Crippen LogP contribution < -0.4 is 0 Å². The topological polar surface area (TPSA) is 70.1 Å². The van der Waals surface area contributed by atoms with E-state index in [1.165, 1.54) is 16.7 Å². The third kappa shape index (κ3) is 2.89. The van der Waals surface area contributed by atoms with E-state index in [2.05, 4.69) is 0 Å². The summed E-state index contributed by atoms with van der Waals surface area (Å²) in [5, 5.41) is 9.09. The predicted molar refractivity (Wildman–Crippen MR) is 67.6 cm³/mol. The fourth-order valence-electron chi connectivity index (χ4n) is 2.01. The highest BCUT2D eigenvalue weighted by atomic mass is 32.2. The zero-order valence-corrected chi connectivity index (χ0v) is 11.2. The molecule has 2 rings (SSSR count). The number of ether oxygens (including phenoxy) is 1. The number of methoxy groups -OCH3 is 1. The van der Waals surface area contributed by atoms with Gasteiger partial charge in [0.2, 0.25) is 0 Å². The van der Waals surface area contributed by atoms with Gasteiger partial charge in [0.15, 0.2) is 0 Å². The average Bonchev–Trinajstić information content (AvgIpc) is 3.05. The maximum Gasteiger partial charge on any atom is 0.327 e. The van der Waals surface area contributed by atoms with Crippen molar-refractivity contribution in [1.29, 1.82) is 0 Å². The van der Waals surface area contributed by atoms with Crippen molar-refractivity contribution in [2.75, 3.05) is 31.9 Å². The molecule has 1 N–H and O–H groups in total. The van der Waals surface area contributed by atoms with Gasteiger partial charge in [-0.3, -0.25) is 0 Å². The molecule has 0 aromatic heterocycles. The second-order valence-electron chi connectivity index (χ2n) is 4.52. The molecule has 1 aliphatic heterocycles. The Morgan fingerprint density at radius 2 is 2.22 bits per heavy atom. The van der Waals surface area contributed by atoms with Gasteiger partial charge in [-0.05, 0) is 12.8 Å². The van der Waals surface area contributed by atoms with Crippen LogP contribution in [0.4, 0.5) is 4.79 Å². The molecule has 1 atom stereocenters. The molecule has 1 saturated carbocycles. The highest BCUT2D eigenvalue weighted by Gasteiger charge is 2.40. The average molecular weight is 274 g/mol. The van der Waals surface area contributed by atoms with Gasteiger partial charge in [-0.25, -0.2) is 9.59 Å². The molecule has 1 saturated heterocycles. The van der Waals surface area contributed by atoms with E-state index in [0.717, 1.165) is 12.8 Å². The summed E-state index contributed by atoms with van der Waals surface area (Å²) in [6.45, 7) is 1.02. The van der Waals surface area contributed by atoms with Gasteiger partial charge in [0, 0.05) is 25.4 Å². The fraction of sp³-hybridized carbons (Fsp3) is 0.818. The number of carboxylic acids is 1. The van der Waals surface area contributed by atoms with Crippen LogP contribution in [0, 0.1) is 0 Å². The second-order valence-corrected chi connectivity index (χ2v) is 5.52. The van der Waals surface area contributed by atoms with Crippen LogP contribution >= 0.6 is 11.8 Å². The smallest absolute Gasteiger partial charge is 0.327 e. The molecule has 102 valence electrons. The normalized spacial score (nSPS) is 23.2. The Morgan fingerprint density at radius 3 is 2.78 bits per heavy atom. The summed E-state index contributed by atoms with van der Waals surface area (Å²) in [7, 11) is 1.60.